The quantitative estimate of drug-likeness (QED) is 0.382. The van der Waals surface area contributed by atoms with Crippen molar-refractivity contribution < 1.29 is 13.0 Å². The van der Waals surface area contributed by atoms with E-state index in [9.17, 15) is 8.42 Å². The van der Waals surface area contributed by atoms with Crippen molar-refractivity contribution in [3.63, 3.8) is 0 Å². The highest BCUT2D eigenvalue weighted by atomic mass is 32.6. The van der Waals surface area contributed by atoms with Gasteiger partial charge in [0.25, 0.3) is 7.10 Å². The van der Waals surface area contributed by atoms with Gasteiger partial charge in [-0.15, -0.1) is 0 Å². The summed E-state index contributed by atoms with van der Waals surface area (Å²) in [6.07, 6.45) is 0.764. The van der Waals surface area contributed by atoms with Crippen LogP contribution in [0.2, 0.25) is 6.04 Å². The van der Waals surface area contributed by atoms with Crippen molar-refractivity contribution in [3.05, 3.63) is 0 Å². The van der Waals surface area contributed by atoms with E-state index in [4.69, 9.17) is 4.55 Å². The minimum atomic E-state index is -3.76. The van der Waals surface area contributed by atoms with Crippen molar-refractivity contribution in [1.82, 2.24) is 0 Å². The maximum atomic E-state index is 10.3. The smallest absolute Gasteiger partial charge is 0.270 e. The van der Waals surface area contributed by atoms with Gasteiger partial charge < -0.3 is 0 Å². The molecule has 1 N–H and O–H groups in total. The molecule has 3 nitrogen and oxygen atoms in total. The summed E-state index contributed by atoms with van der Waals surface area (Å²) >= 11 is 3.79. The van der Waals surface area contributed by atoms with E-state index < -0.39 is 16.7 Å². The Kier molecular flexibility index (Phi) is 3.79. The largest absolute Gasteiger partial charge is 0.291 e. The molecule has 0 aromatic carbocycles. The van der Waals surface area contributed by atoms with Crippen LogP contribution in [0.25, 0.3) is 0 Å². The molecule has 0 aromatic heterocycles. The third kappa shape index (κ3) is 3.96. The average molecular weight is 186 g/mol. The van der Waals surface area contributed by atoms with E-state index >= 15 is 0 Å². The highest BCUT2D eigenvalue weighted by Gasteiger charge is 2.19. The molecule has 0 amide bonds. The Labute approximate surface area is 61.5 Å². The first-order valence-corrected chi connectivity index (χ1v) is 8.42. The van der Waals surface area contributed by atoms with Crippen LogP contribution in [-0.4, -0.2) is 20.1 Å². The van der Waals surface area contributed by atoms with Crippen LogP contribution < -0.4 is 0 Å². The summed E-state index contributed by atoms with van der Waals surface area (Å²) < 4.78 is 28.9. The molecular formula is C3H10O3S2Si. The highest BCUT2D eigenvalue weighted by molar-refractivity contribution is 8.42. The van der Waals surface area contributed by atoms with Crippen LogP contribution in [0.15, 0.2) is 0 Å². The van der Waals surface area contributed by atoms with Crippen molar-refractivity contribution in [1.29, 1.82) is 0 Å². The molecule has 0 radical (unpaired) electrons. The standard InChI is InChI=1S/C3H10O3S2Si/c1-2-3-9(7)8(4,5)6/h7,9H,2-3H2,1H3,(H,4,5,6). The summed E-state index contributed by atoms with van der Waals surface area (Å²) in [6.45, 7) is 1.86. The molecule has 0 saturated heterocycles. The van der Waals surface area contributed by atoms with Gasteiger partial charge in [0.15, 0.2) is 0 Å². The molecule has 0 aliphatic rings. The van der Waals surface area contributed by atoms with Gasteiger partial charge in [-0.05, 0) is 6.04 Å². The zero-order chi connectivity index (χ0) is 7.49. The lowest BCUT2D eigenvalue weighted by molar-refractivity contribution is 0.500. The molecule has 0 spiro atoms. The third-order valence-corrected chi connectivity index (χ3v) is 8.58. The number of rotatable bonds is 3. The van der Waals surface area contributed by atoms with E-state index in [0.717, 1.165) is 6.42 Å². The minimum Gasteiger partial charge on any atom is -0.291 e. The maximum Gasteiger partial charge on any atom is 0.270 e. The summed E-state index contributed by atoms with van der Waals surface area (Å²) in [4.78, 5) is 0. The van der Waals surface area contributed by atoms with Crippen LogP contribution in [-0.2, 0) is 9.57 Å². The summed E-state index contributed by atoms with van der Waals surface area (Å²) in [5.74, 6) is 0. The van der Waals surface area contributed by atoms with Crippen molar-refractivity contribution in [2.24, 2.45) is 0 Å². The lowest BCUT2D eigenvalue weighted by Crippen LogP contribution is -2.18. The lowest BCUT2D eigenvalue weighted by atomic mass is 10.6. The normalized spacial score (nSPS) is 15.4. The van der Waals surface area contributed by atoms with Crippen molar-refractivity contribution in [3.8, 4) is 0 Å². The zero-order valence-electron chi connectivity index (χ0n) is 5.11. The Hall–Kier alpha value is 0.477. The molecule has 1 atom stereocenters. The number of hydrogen-bond acceptors (Lipinski definition) is 3. The zero-order valence-corrected chi connectivity index (χ0v) is 7.98. The van der Waals surface area contributed by atoms with E-state index in [1.165, 1.54) is 0 Å². The van der Waals surface area contributed by atoms with Gasteiger partial charge >= 0.3 is 0 Å². The van der Waals surface area contributed by atoms with Gasteiger partial charge in [0.05, 0.1) is 0 Å². The van der Waals surface area contributed by atoms with E-state index in [1.807, 2.05) is 6.92 Å². The Balaban J connectivity index is 3.90. The van der Waals surface area contributed by atoms with E-state index in [2.05, 4.69) is 12.1 Å². The molecule has 9 heavy (non-hydrogen) atoms. The van der Waals surface area contributed by atoms with Crippen LogP contribution in [0.4, 0.5) is 0 Å². The van der Waals surface area contributed by atoms with Gasteiger partial charge in [0, 0.05) is 0 Å². The van der Waals surface area contributed by atoms with Crippen molar-refractivity contribution in [2.75, 3.05) is 0 Å². The van der Waals surface area contributed by atoms with Gasteiger partial charge in [-0.2, -0.15) is 12.1 Å². The van der Waals surface area contributed by atoms with Gasteiger partial charge in [-0.3, -0.25) is 4.55 Å². The van der Waals surface area contributed by atoms with Crippen LogP contribution in [0.3, 0.4) is 0 Å². The predicted molar refractivity (Wildman–Crippen MR) is 42.8 cm³/mol. The number of thiol groups is 1. The van der Waals surface area contributed by atoms with Gasteiger partial charge in [0.2, 0.25) is 9.57 Å². The maximum absolute atomic E-state index is 10.3. The third-order valence-electron chi connectivity index (χ3n) is 0.879. The van der Waals surface area contributed by atoms with Crippen LogP contribution in [0, 0.1) is 0 Å². The molecule has 0 aliphatic heterocycles. The molecule has 0 bridgehead atoms. The second kappa shape index (κ2) is 3.60. The molecule has 6 heteroatoms. The van der Waals surface area contributed by atoms with E-state index in [0.29, 0.717) is 6.04 Å². The molecule has 0 saturated carbocycles. The highest BCUT2D eigenvalue weighted by Crippen LogP contribution is 2.06. The first-order chi connectivity index (χ1) is 3.98. The minimum absolute atomic E-state index is 0.530. The van der Waals surface area contributed by atoms with Crippen LogP contribution in [0.1, 0.15) is 13.3 Å². The van der Waals surface area contributed by atoms with E-state index in [1.54, 1.807) is 0 Å². The molecule has 0 aromatic rings. The first kappa shape index (κ1) is 9.48. The first-order valence-electron chi connectivity index (χ1n) is 2.63. The van der Waals surface area contributed by atoms with Crippen molar-refractivity contribution in [2.45, 2.75) is 19.4 Å². The van der Waals surface area contributed by atoms with Crippen LogP contribution >= 0.6 is 12.1 Å². The summed E-state index contributed by atoms with van der Waals surface area (Å²) in [5, 5.41) is 0. The SMILES string of the molecule is CCC[SiH](S)S(=O)(=O)O. The lowest BCUT2D eigenvalue weighted by Gasteiger charge is -2.00. The fourth-order valence-corrected chi connectivity index (χ4v) is 3.56. The van der Waals surface area contributed by atoms with Gasteiger partial charge in [-0.25, -0.2) is 8.42 Å². The second-order valence-electron chi connectivity index (χ2n) is 1.76. The Morgan fingerprint density at radius 3 is 2.22 bits per heavy atom. The number of hydrogen-bond donors (Lipinski definition) is 2. The van der Waals surface area contributed by atoms with Gasteiger partial charge in [0.1, 0.15) is 0 Å². The molecule has 1 unspecified atom stereocenters. The summed E-state index contributed by atoms with van der Waals surface area (Å²) in [7, 11) is -5.93. The molecular weight excluding hydrogens is 176 g/mol. The fourth-order valence-electron chi connectivity index (χ4n) is 0.396. The molecule has 0 aliphatic carbocycles. The molecule has 56 valence electrons. The molecule has 0 rings (SSSR count). The average Bonchev–Trinajstić information content (AvgIpc) is 1.64. The second-order valence-corrected chi connectivity index (χ2v) is 10.7. The van der Waals surface area contributed by atoms with E-state index in [-0.39, 0.29) is 0 Å². The predicted octanol–water partition coefficient (Wildman–Crippen LogP) is 0.435. The Morgan fingerprint density at radius 1 is 1.67 bits per heavy atom. The van der Waals surface area contributed by atoms with Gasteiger partial charge in [-0.1, -0.05) is 13.3 Å². The topological polar surface area (TPSA) is 54.4 Å². The fraction of sp³-hybridized carbons (Fsp3) is 1.00. The molecule has 0 fully saturated rings. The summed E-state index contributed by atoms with van der Waals surface area (Å²) in [5.41, 5.74) is 0. The molecule has 0 heterocycles. The Bertz CT molecular complexity index is 164. The summed E-state index contributed by atoms with van der Waals surface area (Å²) in [6, 6.07) is 0.530. The van der Waals surface area contributed by atoms with Crippen LogP contribution in [0.5, 0.6) is 0 Å². The Morgan fingerprint density at radius 2 is 2.11 bits per heavy atom. The monoisotopic (exact) mass is 186 g/mol. The van der Waals surface area contributed by atoms with Crippen molar-refractivity contribution >= 4 is 28.7 Å².